The highest BCUT2D eigenvalue weighted by molar-refractivity contribution is 14.1. The normalized spacial score (nSPS) is 13.8. The molecule has 106 valence electrons. The van der Waals surface area contributed by atoms with Gasteiger partial charge in [-0.2, -0.15) is 0 Å². The van der Waals surface area contributed by atoms with Gasteiger partial charge in [0.05, 0.1) is 0 Å². The van der Waals surface area contributed by atoms with Crippen molar-refractivity contribution in [1.82, 2.24) is 4.57 Å². The first-order valence-electron chi connectivity index (χ1n) is 6.48. The Morgan fingerprint density at radius 2 is 1.70 bits per heavy atom. The molecule has 0 fully saturated rings. The van der Waals surface area contributed by atoms with E-state index in [1.54, 1.807) is 0 Å². The maximum absolute atomic E-state index is 12.4. The fourth-order valence-corrected chi connectivity index (χ4v) is 3.19. The lowest BCUT2D eigenvalue weighted by atomic mass is 10.2. The van der Waals surface area contributed by atoms with Crippen molar-refractivity contribution in [2.75, 3.05) is 0 Å². The molecular formula is C16H18INO2. The van der Waals surface area contributed by atoms with Crippen molar-refractivity contribution >= 4 is 28.6 Å². The van der Waals surface area contributed by atoms with Crippen LogP contribution in [0, 0.1) is 13.8 Å². The second kappa shape index (κ2) is 5.99. The van der Waals surface area contributed by atoms with Crippen molar-refractivity contribution in [1.29, 1.82) is 0 Å². The lowest BCUT2D eigenvalue weighted by Gasteiger charge is -2.26. The number of aryl methyl sites for hydroxylation is 2. The van der Waals surface area contributed by atoms with Crippen LogP contribution in [-0.2, 0) is 19.7 Å². The Morgan fingerprint density at radius 3 is 2.25 bits per heavy atom. The van der Waals surface area contributed by atoms with E-state index in [1.165, 1.54) is 0 Å². The SMILES string of the molecule is Cc1ccc(C)n1C(C)(I)C(=O)OCc1ccccc1. The molecular weight excluding hydrogens is 365 g/mol. The lowest BCUT2D eigenvalue weighted by molar-refractivity contribution is -0.149. The standard InChI is InChI=1S/C16H18INO2/c1-12-9-10-13(2)18(12)16(3,17)15(19)20-11-14-7-5-4-6-8-14/h4-10H,11H2,1-3H3. The van der Waals surface area contributed by atoms with E-state index in [1.807, 2.05) is 67.8 Å². The number of alkyl halides is 1. The Labute approximate surface area is 133 Å². The summed E-state index contributed by atoms with van der Waals surface area (Å²) >= 11 is 2.15. The number of carbonyl (C=O) groups is 1. The zero-order valence-corrected chi connectivity index (χ0v) is 14.0. The zero-order chi connectivity index (χ0) is 14.8. The van der Waals surface area contributed by atoms with Gasteiger partial charge >= 0.3 is 5.97 Å². The Hall–Kier alpha value is -1.30. The van der Waals surface area contributed by atoms with Crippen LogP contribution in [0.15, 0.2) is 42.5 Å². The highest BCUT2D eigenvalue weighted by atomic mass is 127. The molecule has 4 heteroatoms. The van der Waals surface area contributed by atoms with Crippen molar-refractivity contribution in [3.8, 4) is 0 Å². The quantitative estimate of drug-likeness (QED) is 0.455. The van der Waals surface area contributed by atoms with Gasteiger partial charge in [-0.1, -0.05) is 30.3 Å². The molecule has 20 heavy (non-hydrogen) atoms. The number of hydrogen-bond donors (Lipinski definition) is 0. The van der Waals surface area contributed by atoms with Gasteiger partial charge in [0.25, 0.3) is 0 Å². The molecule has 2 rings (SSSR count). The molecule has 1 aromatic carbocycles. The van der Waals surface area contributed by atoms with Crippen LogP contribution in [0.2, 0.25) is 0 Å². The van der Waals surface area contributed by atoms with Crippen LogP contribution in [0.25, 0.3) is 0 Å². The first-order chi connectivity index (χ1) is 9.43. The largest absolute Gasteiger partial charge is 0.458 e. The molecule has 0 saturated carbocycles. The number of carbonyl (C=O) groups excluding carboxylic acids is 1. The monoisotopic (exact) mass is 383 g/mol. The van der Waals surface area contributed by atoms with E-state index in [0.29, 0.717) is 6.61 Å². The minimum Gasteiger partial charge on any atom is -0.458 e. The topological polar surface area (TPSA) is 31.2 Å². The molecule has 1 heterocycles. The highest BCUT2D eigenvalue weighted by Gasteiger charge is 2.35. The van der Waals surface area contributed by atoms with E-state index in [4.69, 9.17) is 4.74 Å². The summed E-state index contributed by atoms with van der Waals surface area (Å²) in [5, 5.41) is 0. The zero-order valence-electron chi connectivity index (χ0n) is 11.9. The van der Waals surface area contributed by atoms with Crippen LogP contribution in [0.4, 0.5) is 0 Å². The Kier molecular flexibility index (Phi) is 4.52. The number of rotatable bonds is 4. The molecule has 1 atom stereocenters. The fourth-order valence-electron chi connectivity index (χ4n) is 2.28. The van der Waals surface area contributed by atoms with Gasteiger partial charge in [-0.15, -0.1) is 0 Å². The lowest BCUT2D eigenvalue weighted by Crippen LogP contribution is -2.35. The van der Waals surface area contributed by atoms with Crippen molar-refractivity contribution in [2.24, 2.45) is 0 Å². The summed E-state index contributed by atoms with van der Waals surface area (Å²) in [5.74, 6) is -0.232. The van der Waals surface area contributed by atoms with Crippen LogP contribution in [0.3, 0.4) is 0 Å². The van der Waals surface area contributed by atoms with Crippen LogP contribution in [0.5, 0.6) is 0 Å². The Morgan fingerprint density at radius 1 is 1.15 bits per heavy atom. The first kappa shape index (κ1) is 15.1. The van der Waals surface area contributed by atoms with E-state index >= 15 is 0 Å². The second-order valence-corrected chi connectivity index (χ2v) is 7.07. The first-order valence-corrected chi connectivity index (χ1v) is 7.56. The number of esters is 1. The van der Waals surface area contributed by atoms with Gasteiger partial charge in [-0.3, -0.25) is 0 Å². The molecule has 0 radical (unpaired) electrons. The third-order valence-corrected chi connectivity index (χ3v) is 4.20. The van der Waals surface area contributed by atoms with E-state index in [-0.39, 0.29) is 5.97 Å². The molecule has 0 aliphatic heterocycles. The third kappa shape index (κ3) is 3.06. The summed E-state index contributed by atoms with van der Waals surface area (Å²) in [6.45, 7) is 6.17. The van der Waals surface area contributed by atoms with E-state index in [0.717, 1.165) is 17.0 Å². The summed E-state index contributed by atoms with van der Waals surface area (Å²) in [7, 11) is 0. The maximum Gasteiger partial charge on any atom is 0.342 e. The Bertz CT molecular complexity index is 583. The predicted octanol–water partition coefficient (Wildman–Crippen LogP) is 3.96. The molecule has 1 unspecified atom stereocenters. The molecule has 3 nitrogen and oxygen atoms in total. The maximum atomic E-state index is 12.4. The molecule has 2 aromatic rings. The number of halogens is 1. The minimum absolute atomic E-state index is 0.232. The van der Waals surface area contributed by atoms with E-state index < -0.39 is 3.55 Å². The molecule has 0 N–H and O–H groups in total. The molecule has 0 aliphatic rings. The van der Waals surface area contributed by atoms with Crippen molar-refractivity contribution < 1.29 is 9.53 Å². The van der Waals surface area contributed by atoms with Crippen molar-refractivity contribution in [3.05, 3.63) is 59.4 Å². The number of aromatic nitrogens is 1. The summed E-state index contributed by atoms with van der Waals surface area (Å²) < 4.78 is 6.73. The third-order valence-electron chi connectivity index (χ3n) is 3.28. The van der Waals surface area contributed by atoms with Crippen molar-refractivity contribution in [3.63, 3.8) is 0 Å². The van der Waals surface area contributed by atoms with Crippen LogP contribution < -0.4 is 0 Å². The van der Waals surface area contributed by atoms with E-state index in [9.17, 15) is 4.79 Å². The molecule has 0 aliphatic carbocycles. The van der Waals surface area contributed by atoms with E-state index in [2.05, 4.69) is 22.6 Å². The summed E-state index contributed by atoms with van der Waals surface area (Å²) in [5.41, 5.74) is 3.10. The van der Waals surface area contributed by atoms with Gasteiger partial charge in [0, 0.05) is 11.4 Å². The van der Waals surface area contributed by atoms with Gasteiger partial charge < -0.3 is 9.30 Å². The Balaban J connectivity index is 2.12. The van der Waals surface area contributed by atoms with Crippen LogP contribution in [0.1, 0.15) is 23.9 Å². The molecule has 0 saturated heterocycles. The average Bonchev–Trinajstić information content (AvgIpc) is 2.77. The number of ether oxygens (including phenoxy) is 1. The average molecular weight is 383 g/mol. The molecule has 1 aromatic heterocycles. The summed E-state index contributed by atoms with van der Waals surface area (Å²) in [4.78, 5) is 12.4. The second-order valence-electron chi connectivity index (χ2n) is 4.97. The summed E-state index contributed by atoms with van der Waals surface area (Å²) in [6, 6.07) is 13.7. The van der Waals surface area contributed by atoms with Crippen molar-refractivity contribution in [2.45, 2.75) is 30.9 Å². The van der Waals surface area contributed by atoms with Crippen LogP contribution in [-0.4, -0.2) is 10.5 Å². The molecule has 0 bridgehead atoms. The fraction of sp³-hybridized carbons (Fsp3) is 0.312. The molecule has 0 spiro atoms. The summed E-state index contributed by atoms with van der Waals surface area (Å²) in [6.07, 6.45) is 0. The van der Waals surface area contributed by atoms with Gasteiger partial charge in [0.2, 0.25) is 0 Å². The number of nitrogens with zero attached hydrogens (tertiary/aromatic N) is 1. The minimum atomic E-state index is -0.732. The van der Waals surface area contributed by atoms with Gasteiger partial charge in [0.1, 0.15) is 6.61 Å². The van der Waals surface area contributed by atoms with Gasteiger partial charge in [0.15, 0.2) is 3.55 Å². The van der Waals surface area contributed by atoms with Crippen LogP contribution >= 0.6 is 22.6 Å². The van der Waals surface area contributed by atoms with Gasteiger partial charge in [-0.05, 0) is 61.1 Å². The highest BCUT2D eigenvalue weighted by Crippen LogP contribution is 2.30. The molecule has 0 amide bonds. The number of benzene rings is 1. The number of hydrogen-bond acceptors (Lipinski definition) is 2. The smallest absolute Gasteiger partial charge is 0.342 e. The predicted molar refractivity (Wildman–Crippen MR) is 87.8 cm³/mol. The van der Waals surface area contributed by atoms with Gasteiger partial charge in [-0.25, -0.2) is 4.79 Å².